The number of nitrogens with two attached hydrogens (primary N) is 1. The van der Waals surface area contributed by atoms with Crippen LogP contribution in [-0.2, 0) is 11.2 Å². The summed E-state index contributed by atoms with van der Waals surface area (Å²) in [7, 11) is 0. The number of hydrogen-bond donors (Lipinski definition) is 2. The van der Waals surface area contributed by atoms with E-state index in [0.717, 1.165) is 12.8 Å². The van der Waals surface area contributed by atoms with Crippen LogP contribution in [0.3, 0.4) is 0 Å². The SMILES string of the molecule is C=CCC(N)C(=O)NC1CCc2ccccc21. The summed E-state index contributed by atoms with van der Waals surface area (Å²) >= 11 is 0. The number of nitrogens with one attached hydrogen (secondary N) is 1. The topological polar surface area (TPSA) is 55.1 Å². The van der Waals surface area contributed by atoms with Gasteiger partial charge in [-0.05, 0) is 30.4 Å². The van der Waals surface area contributed by atoms with Gasteiger partial charge < -0.3 is 11.1 Å². The first kappa shape index (κ1) is 11.9. The highest BCUT2D eigenvalue weighted by atomic mass is 16.2. The lowest BCUT2D eigenvalue weighted by Gasteiger charge is -2.17. The Balaban J connectivity index is 2.02. The van der Waals surface area contributed by atoms with Gasteiger partial charge in [0.05, 0.1) is 12.1 Å². The molecule has 3 N–H and O–H groups in total. The van der Waals surface area contributed by atoms with E-state index in [1.54, 1.807) is 6.08 Å². The van der Waals surface area contributed by atoms with E-state index in [1.165, 1.54) is 11.1 Å². The van der Waals surface area contributed by atoms with Gasteiger partial charge >= 0.3 is 0 Å². The van der Waals surface area contributed by atoms with Crippen LogP contribution in [0.5, 0.6) is 0 Å². The van der Waals surface area contributed by atoms with E-state index in [4.69, 9.17) is 5.73 Å². The first-order valence-corrected chi connectivity index (χ1v) is 5.97. The van der Waals surface area contributed by atoms with Gasteiger partial charge in [0.15, 0.2) is 0 Å². The van der Waals surface area contributed by atoms with Crippen molar-refractivity contribution < 1.29 is 4.79 Å². The fraction of sp³-hybridized carbons (Fsp3) is 0.357. The second-order valence-corrected chi connectivity index (χ2v) is 4.43. The zero-order valence-electron chi connectivity index (χ0n) is 9.86. The molecule has 0 bridgehead atoms. The minimum Gasteiger partial charge on any atom is -0.348 e. The Hall–Kier alpha value is -1.61. The van der Waals surface area contributed by atoms with Gasteiger partial charge in [0.1, 0.15) is 0 Å². The van der Waals surface area contributed by atoms with Crippen LogP contribution in [-0.4, -0.2) is 11.9 Å². The highest BCUT2D eigenvalue weighted by Crippen LogP contribution is 2.30. The predicted molar refractivity (Wildman–Crippen MR) is 68.4 cm³/mol. The minimum atomic E-state index is -0.486. The molecule has 0 heterocycles. The van der Waals surface area contributed by atoms with Crippen molar-refractivity contribution in [1.82, 2.24) is 5.32 Å². The fourth-order valence-corrected chi connectivity index (χ4v) is 2.27. The molecule has 0 spiro atoms. The van der Waals surface area contributed by atoms with Crippen molar-refractivity contribution in [3.8, 4) is 0 Å². The van der Waals surface area contributed by atoms with E-state index in [9.17, 15) is 4.79 Å². The number of aryl methyl sites for hydroxylation is 1. The molecule has 1 aliphatic rings. The van der Waals surface area contributed by atoms with Gasteiger partial charge in [-0.3, -0.25) is 4.79 Å². The molecule has 1 aromatic carbocycles. The predicted octanol–water partition coefficient (Wildman–Crippen LogP) is 1.69. The Labute approximate surface area is 102 Å². The van der Waals surface area contributed by atoms with E-state index in [0.29, 0.717) is 6.42 Å². The van der Waals surface area contributed by atoms with Gasteiger partial charge in [0, 0.05) is 0 Å². The third-order valence-corrected chi connectivity index (χ3v) is 3.21. The lowest BCUT2D eigenvalue weighted by molar-refractivity contribution is -0.123. The lowest BCUT2D eigenvalue weighted by Crippen LogP contribution is -2.41. The van der Waals surface area contributed by atoms with E-state index in [-0.39, 0.29) is 11.9 Å². The number of carbonyl (C=O) groups is 1. The molecule has 0 radical (unpaired) electrons. The number of hydrogen-bond acceptors (Lipinski definition) is 2. The summed E-state index contributed by atoms with van der Waals surface area (Å²) in [5.41, 5.74) is 8.30. The van der Waals surface area contributed by atoms with Gasteiger partial charge in [-0.1, -0.05) is 30.3 Å². The maximum atomic E-state index is 11.8. The summed E-state index contributed by atoms with van der Waals surface area (Å²) in [6.45, 7) is 3.59. The molecule has 0 saturated heterocycles. The quantitative estimate of drug-likeness (QED) is 0.773. The summed E-state index contributed by atoms with van der Waals surface area (Å²) in [4.78, 5) is 11.8. The normalized spacial score (nSPS) is 19.5. The van der Waals surface area contributed by atoms with Crippen LogP contribution >= 0.6 is 0 Å². The lowest BCUT2D eigenvalue weighted by atomic mass is 10.1. The number of carbonyl (C=O) groups excluding carboxylic acids is 1. The molecule has 0 saturated carbocycles. The van der Waals surface area contributed by atoms with Crippen LogP contribution in [0.1, 0.15) is 30.0 Å². The third-order valence-electron chi connectivity index (χ3n) is 3.21. The molecule has 1 aliphatic carbocycles. The Morgan fingerprint density at radius 2 is 2.35 bits per heavy atom. The Kier molecular flexibility index (Phi) is 3.59. The van der Waals surface area contributed by atoms with E-state index in [2.05, 4.69) is 24.0 Å². The molecule has 17 heavy (non-hydrogen) atoms. The van der Waals surface area contributed by atoms with Crippen LogP contribution < -0.4 is 11.1 Å². The smallest absolute Gasteiger partial charge is 0.237 e. The summed E-state index contributed by atoms with van der Waals surface area (Å²) < 4.78 is 0. The Bertz CT molecular complexity index is 428. The molecule has 2 atom stereocenters. The van der Waals surface area contributed by atoms with Crippen molar-refractivity contribution in [1.29, 1.82) is 0 Å². The van der Waals surface area contributed by atoms with Gasteiger partial charge in [0.25, 0.3) is 0 Å². The summed E-state index contributed by atoms with van der Waals surface area (Å²) in [6, 6.07) is 7.87. The summed E-state index contributed by atoms with van der Waals surface area (Å²) in [5, 5.41) is 3.01. The van der Waals surface area contributed by atoms with Crippen molar-refractivity contribution in [2.24, 2.45) is 5.73 Å². The average Bonchev–Trinajstić information content (AvgIpc) is 2.73. The molecule has 0 aliphatic heterocycles. The molecule has 1 amide bonds. The zero-order valence-corrected chi connectivity index (χ0v) is 9.86. The molecular weight excluding hydrogens is 212 g/mol. The molecule has 3 heteroatoms. The van der Waals surface area contributed by atoms with Gasteiger partial charge in [-0.25, -0.2) is 0 Å². The average molecular weight is 230 g/mol. The summed E-state index contributed by atoms with van der Waals surface area (Å²) in [5.74, 6) is -0.0911. The molecule has 90 valence electrons. The molecule has 2 unspecified atom stereocenters. The first-order chi connectivity index (χ1) is 8.22. The Morgan fingerprint density at radius 1 is 1.59 bits per heavy atom. The second kappa shape index (κ2) is 5.15. The van der Waals surface area contributed by atoms with Crippen LogP contribution in [0.15, 0.2) is 36.9 Å². The Morgan fingerprint density at radius 3 is 3.12 bits per heavy atom. The van der Waals surface area contributed by atoms with Crippen molar-refractivity contribution in [2.45, 2.75) is 31.3 Å². The van der Waals surface area contributed by atoms with E-state index in [1.807, 2.05) is 12.1 Å². The first-order valence-electron chi connectivity index (χ1n) is 5.97. The fourth-order valence-electron chi connectivity index (χ4n) is 2.27. The van der Waals surface area contributed by atoms with Crippen LogP contribution in [0.4, 0.5) is 0 Å². The van der Waals surface area contributed by atoms with Gasteiger partial charge in [-0.15, -0.1) is 6.58 Å². The van der Waals surface area contributed by atoms with Crippen LogP contribution in [0, 0.1) is 0 Å². The number of fused-ring (bicyclic) bond motifs is 1. The van der Waals surface area contributed by atoms with E-state index < -0.39 is 6.04 Å². The summed E-state index contributed by atoms with van der Waals surface area (Å²) in [6.07, 6.45) is 4.18. The van der Waals surface area contributed by atoms with Crippen molar-refractivity contribution in [3.05, 3.63) is 48.0 Å². The molecule has 0 fully saturated rings. The van der Waals surface area contributed by atoms with Gasteiger partial charge in [-0.2, -0.15) is 0 Å². The standard InChI is InChI=1S/C14H18N2O/c1-2-5-12(15)14(17)16-13-9-8-10-6-3-4-7-11(10)13/h2-4,6-7,12-13H,1,5,8-9,15H2,(H,16,17). The molecule has 0 aromatic heterocycles. The highest BCUT2D eigenvalue weighted by Gasteiger charge is 2.24. The van der Waals surface area contributed by atoms with Crippen LogP contribution in [0.25, 0.3) is 0 Å². The molecular formula is C14H18N2O. The number of benzene rings is 1. The largest absolute Gasteiger partial charge is 0.348 e. The highest BCUT2D eigenvalue weighted by molar-refractivity contribution is 5.82. The maximum Gasteiger partial charge on any atom is 0.237 e. The van der Waals surface area contributed by atoms with Crippen molar-refractivity contribution >= 4 is 5.91 Å². The monoisotopic (exact) mass is 230 g/mol. The van der Waals surface area contributed by atoms with Crippen molar-refractivity contribution in [3.63, 3.8) is 0 Å². The van der Waals surface area contributed by atoms with Crippen LogP contribution in [0.2, 0.25) is 0 Å². The number of rotatable bonds is 4. The van der Waals surface area contributed by atoms with Crippen molar-refractivity contribution in [2.75, 3.05) is 0 Å². The van der Waals surface area contributed by atoms with E-state index >= 15 is 0 Å². The van der Waals surface area contributed by atoms with Gasteiger partial charge in [0.2, 0.25) is 5.91 Å². The minimum absolute atomic E-state index is 0.0911. The third kappa shape index (κ3) is 2.56. The number of amides is 1. The molecule has 3 nitrogen and oxygen atoms in total. The maximum absolute atomic E-state index is 11.8. The molecule has 2 rings (SSSR count). The zero-order chi connectivity index (χ0) is 12.3. The molecule has 1 aromatic rings. The second-order valence-electron chi connectivity index (χ2n) is 4.43.